The van der Waals surface area contributed by atoms with Crippen LogP contribution in [0.1, 0.15) is 22.8 Å². The van der Waals surface area contributed by atoms with Crippen molar-refractivity contribution in [1.29, 1.82) is 0 Å². The third-order valence-electron chi connectivity index (χ3n) is 3.18. The first-order valence-electron chi connectivity index (χ1n) is 6.28. The Kier molecular flexibility index (Phi) is 4.78. The molecule has 1 N–H and O–H groups in total. The van der Waals surface area contributed by atoms with E-state index in [2.05, 4.69) is 15.9 Å². The van der Waals surface area contributed by atoms with Crippen LogP contribution in [0.25, 0.3) is 0 Å². The summed E-state index contributed by atoms with van der Waals surface area (Å²) in [6.07, 6.45) is -0.293. The number of hydrogen-bond acceptors (Lipinski definition) is 2. The van der Waals surface area contributed by atoms with Crippen LogP contribution in [0.5, 0.6) is 5.75 Å². The number of aryl methyl sites for hydroxylation is 1. The van der Waals surface area contributed by atoms with Crippen molar-refractivity contribution in [1.82, 2.24) is 0 Å². The van der Waals surface area contributed by atoms with E-state index in [-0.39, 0.29) is 0 Å². The number of halogens is 2. The second kappa shape index (κ2) is 6.37. The fraction of sp³-hybridized carbons (Fsp3) is 0.250. The number of benzene rings is 2. The lowest BCUT2D eigenvalue weighted by atomic mass is 10.00. The normalized spacial score (nSPS) is 12.2. The van der Waals surface area contributed by atoms with Crippen molar-refractivity contribution in [3.8, 4) is 5.75 Å². The van der Waals surface area contributed by atoms with E-state index >= 15 is 0 Å². The average Bonchev–Trinajstić information content (AvgIpc) is 2.43. The third-order valence-corrected chi connectivity index (χ3v) is 3.79. The number of ether oxygens (including phenoxy) is 1. The van der Waals surface area contributed by atoms with Gasteiger partial charge in [-0.15, -0.1) is 0 Å². The predicted molar refractivity (Wildman–Crippen MR) is 80.5 cm³/mol. The van der Waals surface area contributed by atoms with E-state index in [0.717, 1.165) is 5.56 Å². The van der Waals surface area contributed by atoms with Gasteiger partial charge in [-0.2, -0.15) is 0 Å². The fourth-order valence-corrected chi connectivity index (χ4v) is 2.40. The molecule has 1 unspecified atom stereocenters. The summed E-state index contributed by atoms with van der Waals surface area (Å²) in [6, 6.07) is 10.8. The zero-order valence-corrected chi connectivity index (χ0v) is 12.9. The van der Waals surface area contributed by atoms with E-state index in [1.165, 1.54) is 18.7 Å². The molecule has 2 aromatic rings. The van der Waals surface area contributed by atoms with Gasteiger partial charge in [-0.1, -0.05) is 29.8 Å². The Bertz CT molecular complexity index is 596. The Morgan fingerprint density at radius 2 is 1.90 bits per heavy atom. The molecule has 2 nitrogen and oxygen atoms in total. The van der Waals surface area contributed by atoms with E-state index in [1.54, 1.807) is 6.07 Å². The summed E-state index contributed by atoms with van der Waals surface area (Å²) in [5.74, 6) is -0.0570. The van der Waals surface area contributed by atoms with Crippen molar-refractivity contribution in [3.05, 3.63) is 63.4 Å². The van der Waals surface area contributed by atoms with Gasteiger partial charge in [0.1, 0.15) is 11.6 Å². The van der Waals surface area contributed by atoms with Gasteiger partial charge in [0, 0.05) is 18.1 Å². The molecule has 0 aliphatic carbocycles. The van der Waals surface area contributed by atoms with E-state index < -0.39 is 11.9 Å². The predicted octanol–water partition coefficient (Wildman–Crippen LogP) is 4.18. The van der Waals surface area contributed by atoms with Crippen molar-refractivity contribution in [2.24, 2.45) is 0 Å². The molecular formula is C16H16BrFO2. The first-order valence-corrected chi connectivity index (χ1v) is 7.07. The van der Waals surface area contributed by atoms with Gasteiger partial charge in [-0.25, -0.2) is 4.39 Å². The standard InChI is InChI=1S/C16H16BrFO2/c1-10-3-5-11(6-4-10)7-15(19)12-8-13(17)14(18)9-16(12)20-2/h3-6,8-9,15,19H,7H2,1-2H3. The van der Waals surface area contributed by atoms with Crippen LogP contribution in [-0.2, 0) is 6.42 Å². The number of methoxy groups -OCH3 is 1. The lowest BCUT2D eigenvalue weighted by Crippen LogP contribution is -2.05. The molecule has 2 rings (SSSR count). The van der Waals surface area contributed by atoms with Crippen LogP contribution in [0, 0.1) is 12.7 Å². The van der Waals surface area contributed by atoms with E-state index in [0.29, 0.717) is 22.2 Å². The SMILES string of the molecule is COc1cc(F)c(Br)cc1C(O)Cc1ccc(C)cc1. The van der Waals surface area contributed by atoms with Gasteiger partial charge in [0.25, 0.3) is 0 Å². The second-order valence-electron chi connectivity index (χ2n) is 4.71. The van der Waals surface area contributed by atoms with E-state index in [4.69, 9.17) is 4.74 Å². The van der Waals surface area contributed by atoms with Crippen molar-refractivity contribution in [3.63, 3.8) is 0 Å². The Morgan fingerprint density at radius 3 is 2.50 bits per heavy atom. The van der Waals surface area contributed by atoms with E-state index in [1.807, 2.05) is 31.2 Å². The molecule has 106 valence electrons. The molecular weight excluding hydrogens is 323 g/mol. The lowest BCUT2D eigenvalue weighted by Gasteiger charge is -2.16. The van der Waals surface area contributed by atoms with Crippen LogP contribution in [0.2, 0.25) is 0 Å². The Hall–Kier alpha value is -1.39. The summed E-state index contributed by atoms with van der Waals surface area (Å²) in [4.78, 5) is 0. The molecule has 4 heteroatoms. The number of hydrogen-bond donors (Lipinski definition) is 1. The average molecular weight is 339 g/mol. The zero-order chi connectivity index (χ0) is 14.7. The molecule has 0 aromatic heterocycles. The Labute approximate surface area is 126 Å². The third kappa shape index (κ3) is 3.38. The van der Waals surface area contributed by atoms with Crippen molar-refractivity contribution < 1.29 is 14.2 Å². The van der Waals surface area contributed by atoms with Crippen LogP contribution in [0.3, 0.4) is 0 Å². The number of aliphatic hydroxyl groups is 1. The van der Waals surface area contributed by atoms with Crippen molar-refractivity contribution in [2.75, 3.05) is 7.11 Å². The Balaban J connectivity index is 2.26. The van der Waals surface area contributed by atoms with Gasteiger partial charge in [-0.3, -0.25) is 0 Å². The van der Waals surface area contributed by atoms with Crippen LogP contribution in [0.4, 0.5) is 4.39 Å². The summed E-state index contributed by atoms with van der Waals surface area (Å²) in [7, 11) is 1.46. The second-order valence-corrected chi connectivity index (χ2v) is 5.57. The number of rotatable bonds is 4. The van der Waals surface area contributed by atoms with Crippen molar-refractivity contribution in [2.45, 2.75) is 19.4 Å². The molecule has 0 radical (unpaired) electrons. The van der Waals surface area contributed by atoms with E-state index in [9.17, 15) is 9.50 Å². The molecule has 20 heavy (non-hydrogen) atoms. The molecule has 0 heterocycles. The van der Waals surface area contributed by atoms with Crippen LogP contribution in [-0.4, -0.2) is 12.2 Å². The van der Waals surface area contributed by atoms with Crippen molar-refractivity contribution >= 4 is 15.9 Å². The maximum Gasteiger partial charge on any atom is 0.141 e. The Morgan fingerprint density at radius 1 is 1.25 bits per heavy atom. The first-order chi connectivity index (χ1) is 9.51. The molecule has 2 aromatic carbocycles. The maximum atomic E-state index is 13.5. The van der Waals surface area contributed by atoms with Gasteiger partial charge in [-0.05, 0) is 34.5 Å². The quantitative estimate of drug-likeness (QED) is 0.905. The smallest absolute Gasteiger partial charge is 0.141 e. The summed E-state index contributed by atoms with van der Waals surface area (Å²) in [5.41, 5.74) is 2.76. The largest absolute Gasteiger partial charge is 0.496 e. The minimum Gasteiger partial charge on any atom is -0.496 e. The summed E-state index contributed by atoms with van der Waals surface area (Å²) in [6.45, 7) is 2.01. The topological polar surface area (TPSA) is 29.5 Å². The maximum absolute atomic E-state index is 13.5. The van der Waals surface area contributed by atoms with Gasteiger partial charge < -0.3 is 9.84 Å². The highest BCUT2D eigenvalue weighted by atomic mass is 79.9. The monoisotopic (exact) mass is 338 g/mol. The number of aliphatic hydroxyl groups excluding tert-OH is 1. The molecule has 0 saturated heterocycles. The molecule has 0 aliphatic heterocycles. The van der Waals surface area contributed by atoms with Gasteiger partial charge in [0.15, 0.2) is 0 Å². The van der Waals surface area contributed by atoms with Gasteiger partial charge in [0.2, 0.25) is 0 Å². The molecule has 0 saturated carbocycles. The summed E-state index contributed by atoms with van der Waals surface area (Å²) < 4.78 is 18.9. The lowest BCUT2D eigenvalue weighted by molar-refractivity contribution is 0.173. The highest BCUT2D eigenvalue weighted by Crippen LogP contribution is 2.32. The minimum absolute atomic E-state index is 0.316. The molecule has 0 fully saturated rings. The molecule has 1 atom stereocenters. The molecule has 0 amide bonds. The summed E-state index contributed by atoms with van der Waals surface area (Å²) >= 11 is 3.13. The van der Waals surface area contributed by atoms with Gasteiger partial charge in [0.05, 0.1) is 17.7 Å². The first kappa shape index (κ1) is 15.0. The summed E-state index contributed by atoms with van der Waals surface area (Å²) in [5, 5.41) is 10.3. The van der Waals surface area contributed by atoms with Crippen LogP contribution < -0.4 is 4.74 Å². The van der Waals surface area contributed by atoms with Gasteiger partial charge >= 0.3 is 0 Å². The molecule has 0 spiro atoms. The zero-order valence-electron chi connectivity index (χ0n) is 11.4. The van der Waals surface area contributed by atoms with Crippen LogP contribution in [0.15, 0.2) is 40.9 Å². The highest BCUT2D eigenvalue weighted by Gasteiger charge is 2.17. The minimum atomic E-state index is -0.746. The highest BCUT2D eigenvalue weighted by molar-refractivity contribution is 9.10. The fourth-order valence-electron chi connectivity index (χ4n) is 2.04. The van der Waals surface area contributed by atoms with Crippen LogP contribution >= 0.6 is 15.9 Å². The molecule has 0 aliphatic rings. The molecule has 0 bridgehead atoms.